The predicted molar refractivity (Wildman–Crippen MR) is 74.5 cm³/mol. The molecule has 104 valence electrons. The third-order valence-corrected chi connectivity index (χ3v) is 4.54. The van der Waals surface area contributed by atoms with E-state index in [1.165, 1.54) is 38.5 Å². The second-order valence-electron chi connectivity index (χ2n) is 6.57. The maximum absolute atomic E-state index is 12.7. The Labute approximate surface area is 111 Å². The lowest BCUT2D eigenvalue weighted by molar-refractivity contribution is -0.137. The molecule has 2 heterocycles. The van der Waals surface area contributed by atoms with Crippen LogP contribution in [0, 0.1) is 5.41 Å². The molecule has 0 saturated carbocycles. The van der Waals surface area contributed by atoms with Crippen LogP contribution in [0.1, 0.15) is 58.8 Å². The zero-order valence-electron chi connectivity index (χ0n) is 12.0. The van der Waals surface area contributed by atoms with Gasteiger partial charge in [-0.25, -0.2) is 0 Å². The summed E-state index contributed by atoms with van der Waals surface area (Å²) < 4.78 is 0. The van der Waals surface area contributed by atoms with Crippen LogP contribution in [0.5, 0.6) is 0 Å². The molecule has 0 bridgehead atoms. The zero-order chi connectivity index (χ0) is 13.0. The summed E-state index contributed by atoms with van der Waals surface area (Å²) >= 11 is 0. The van der Waals surface area contributed by atoms with Gasteiger partial charge >= 0.3 is 0 Å². The number of carbonyl (C=O) groups is 1. The van der Waals surface area contributed by atoms with Crippen molar-refractivity contribution in [3.63, 3.8) is 0 Å². The van der Waals surface area contributed by atoms with Crippen LogP contribution in [0.25, 0.3) is 0 Å². The van der Waals surface area contributed by atoms with Gasteiger partial charge in [-0.2, -0.15) is 0 Å². The molecule has 0 aromatic rings. The maximum atomic E-state index is 12.7. The Morgan fingerprint density at radius 3 is 2.28 bits per heavy atom. The van der Waals surface area contributed by atoms with E-state index in [0.717, 1.165) is 26.1 Å². The summed E-state index contributed by atoms with van der Waals surface area (Å²) in [5.74, 6) is 0.349. The van der Waals surface area contributed by atoms with Gasteiger partial charge in [-0.05, 0) is 37.6 Å². The number of nitrogens with one attached hydrogen (secondary N) is 1. The van der Waals surface area contributed by atoms with E-state index in [4.69, 9.17) is 0 Å². The number of hydrogen-bond acceptors (Lipinski definition) is 2. The van der Waals surface area contributed by atoms with Crippen LogP contribution >= 0.6 is 0 Å². The van der Waals surface area contributed by atoms with E-state index < -0.39 is 0 Å². The normalized spacial score (nSPS) is 29.4. The average Bonchev–Trinajstić information content (AvgIpc) is 2.27. The van der Waals surface area contributed by atoms with Crippen molar-refractivity contribution in [2.24, 2.45) is 5.41 Å². The number of rotatable bonds is 1. The molecule has 0 aliphatic carbocycles. The van der Waals surface area contributed by atoms with Crippen molar-refractivity contribution in [1.29, 1.82) is 0 Å². The number of hydrogen-bond donors (Lipinski definition) is 1. The van der Waals surface area contributed by atoms with Gasteiger partial charge in [-0.15, -0.1) is 0 Å². The molecule has 1 unspecified atom stereocenters. The summed E-state index contributed by atoms with van der Waals surface area (Å²) in [7, 11) is 0. The summed E-state index contributed by atoms with van der Waals surface area (Å²) in [6.45, 7) is 7.38. The van der Waals surface area contributed by atoms with Gasteiger partial charge in [-0.3, -0.25) is 4.79 Å². The minimum atomic E-state index is 0.0330. The minimum absolute atomic E-state index is 0.0330. The first-order chi connectivity index (χ1) is 8.61. The van der Waals surface area contributed by atoms with Gasteiger partial charge < -0.3 is 10.2 Å². The summed E-state index contributed by atoms with van der Waals surface area (Å²) in [4.78, 5) is 14.8. The molecule has 0 radical (unpaired) electrons. The van der Waals surface area contributed by atoms with Gasteiger partial charge in [0.25, 0.3) is 0 Å². The molecule has 0 aromatic carbocycles. The predicted octanol–water partition coefficient (Wildman–Crippen LogP) is 2.56. The molecule has 0 aromatic heterocycles. The van der Waals surface area contributed by atoms with E-state index in [2.05, 4.69) is 24.1 Å². The SMILES string of the molecule is CC1(C)CCCNC1C(=O)N1CCCCCCC1. The van der Waals surface area contributed by atoms with Crippen molar-refractivity contribution < 1.29 is 4.79 Å². The number of amides is 1. The van der Waals surface area contributed by atoms with Crippen LogP contribution in [0.4, 0.5) is 0 Å². The largest absolute Gasteiger partial charge is 0.341 e. The third kappa shape index (κ3) is 3.25. The first-order valence-electron chi connectivity index (χ1n) is 7.63. The van der Waals surface area contributed by atoms with Gasteiger partial charge in [0.1, 0.15) is 0 Å². The van der Waals surface area contributed by atoms with Crippen molar-refractivity contribution >= 4 is 5.91 Å². The number of likely N-dealkylation sites (tertiary alicyclic amines) is 1. The van der Waals surface area contributed by atoms with E-state index in [0.29, 0.717) is 5.91 Å². The van der Waals surface area contributed by atoms with E-state index in [1.54, 1.807) is 0 Å². The molecular weight excluding hydrogens is 224 g/mol. The lowest BCUT2D eigenvalue weighted by atomic mass is 9.77. The highest BCUT2D eigenvalue weighted by Crippen LogP contribution is 2.31. The Hall–Kier alpha value is -0.570. The highest BCUT2D eigenvalue weighted by molar-refractivity contribution is 5.83. The van der Waals surface area contributed by atoms with Gasteiger partial charge in [0, 0.05) is 13.1 Å². The van der Waals surface area contributed by atoms with E-state index in [9.17, 15) is 4.79 Å². The Balaban J connectivity index is 1.99. The quantitative estimate of drug-likeness (QED) is 0.778. The van der Waals surface area contributed by atoms with Crippen molar-refractivity contribution in [3.05, 3.63) is 0 Å². The standard InChI is InChI=1S/C15H28N2O/c1-15(2)9-8-10-16-13(15)14(18)17-11-6-4-3-5-7-12-17/h13,16H,3-12H2,1-2H3. The van der Waals surface area contributed by atoms with E-state index >= 15 is 0 Å². The lowest BCUT2D eigenvalue weighted by Crippen LogP contribution is -2.56. The number of piperidine rings is 1. The van der Waals surface area contributed by atoms with E-state index in [-0.39, 0.29) is 11.5 Å². The molecule has 1 N–H and O–H groups in total. The Bertz CT molecular complexity index is 280. The summed E-state index contributed by atoms with van der Waals surface area (Å²) in [5, 5.41) is 3.45. The Kier molecular flexibility index (Phi) is 4.66. The fourth-order valence-electron chi connectivity index (χ4n) is 3.28. The molecule has 18 heavy (non-hydrogen) atoms. The van der Waals surface area contributed by atoms with Crippen LogP contribution in [-0.4, -0.2) is 36.5 Å². The fraction of sp³-hybridized carbons (Fsp3) is 0.933. The molecule has 2 saturated heterocycles. The Morgan fingerprint density at radius 2 is 1.67 bits per heavy atom. The first kappa shape index (κ1) is 13.9. The van der Waals surface area contributed by atoms with Crippen LogP contribution in [-0.2, 0) is 4.79 Å². The summed E-state index contributed by atoms with van der Waals surface area (Å²) in [6.07, 6.45) is 8.62. The molecule has 2 aliphatic heterocycles. The molecular formula is C15H28N2O. The van der Waals surface area contributed by atoms with Crippen LogP contribution in [0.3, 0.4) is 0 Å². The zero-order valence-corrected chi connectivity index (χ0v) is 12.0. The van der Waals surface area contributed by atoms with Crippen molar-refractivity contribution in [1.82, 2.24) is 10.2 Å². The van der Waals surface area contributed by atoms with Crippen LogP contribution in [0.2, 0.25) is 0 Å². The van der Waals surface area contributed by atoms with Crippen molar-refractivity contribution in [2.75, 3.05) is 19.6 Å². The molecule has 2 fully saturated rings. The summed E-state index contributed by atoms with van der Waals surface area (Å²) in [6, 6.07) is 0.0330. The average molecular weight is 252 g/mol. The maximum Gasteiger partial charge on any atom is 0.240 e. The molecule has 1 amide bonds. The minimum Gasteiger partial charge on any atom is -0.341 e. The second kappa shape index (κ2) is 6.05. The highest BCUT2D eigenvalue weighted by Gasteiger charge is 2.38. The van der Waals surface area contributed by atoms with Gasteiger partial charge in [0.05, 0.1) is 6.04 Å². The molecule has 2 aliphatic rings. The van der Waals surface area contributed by atoms with Crippen molar-refractivity contribution in [2.45, 2.75) is 64.8 Å². The van der Waals surface area contributed by atoms with E-state index in [1.807, 2.05) is 0 Å². The van der Waals surface area contributed by atoms with Crippen LogP contribution < -0.4 is 5.32 Å². The molecule has 3 nitrogen and oxygen atoms in total. The number of nitrogens with zero attached hydrogens (tertiary/aromatic N) is 1. The van der Waals surface area contributed by atoms with Gasteiger partial charge in [0.2, 0.25) is 5.91 Å². The number of carbonyl (C=O) groups excluding carboxylic acids is 1. The molecule has 2 rings (SSSR count). The van der Waals surface area contributed by atoms with Gasteiger partial charge in [0.15, 0.2) is 0 Å². The van der Waals surface area contributed by atoms with Crippen LogP contribution in [0.15, 0.2) is 0 Å². The molecule has 1 atom stereocenters. The lowest BCUT2D eigenvalue weighted by Gasteiger charge is -2.41. The smallest absolute Gasteiger partial charge is 0.240 e. The molecule has 0 spiro atoms. The monoisotopic (exact) mass is 252 g/mol. The topological polar surface area (TPSA) is 32.3 Å². The highest BCUT2D eigenvalue weighted by atomic mass is 16.2. The fourth-order valence-corrected chi connectivity index (χ4v) is 3.28. The van der Waals surface area contributed by atoms with Crippen molar-refractivity contribution in [3.8, 4) is 0 Å². The third-order valence-electron chi connectivity index (χ3n) is 4.54. The second-order valence-corrected chi connectivity index (χ2v) is 6.57. The summed E-state index contributed by atoms with van der Waals surface area (Å²) in [5.41, 5.74) is 0.109. The Morgan fingerprint density at radius 1 is 1.06 bits per heavy atom. The molecule has 3 heteroatoms. The van der Waals surface area contributed by atoms with Gasteiger partial charge in [-0.1, -0.05) is 33.1 Å². The first-order valence-corrected chi connectivity index (χ1v) is 7.63.